The van der Waals surface area contributed by atoms with Crippen molar-refractivity contribution < 1.29 is 22.7 Å². The first-order chi connectivity index (χ1) is 7.04. The van der Waals surface area contributed by atoms with Crippen LogP contribution in [-0.4, -0.2) is 12.4 Å². The maximum Gasteiger partial charge on any atom is 0.387 e. The van der Waals surface area contributed by atoms with Gasteiger partial charge < -0.3 is 4.74 Å². The summed E-state index contributed by atoms with van der Waals surface area (Å²) in [6.45, 7) is -1.45. The van der Waals surface area contributed by atoms with Crippen molar-refractivity contribution in [1.82, 2.24) is 0 Å². The zero-order valence-electron chi connectivity index (χ0n) is 7.97. The first kappa shape index (κ1) is 11.6. The lowest BCUT2D eigenvalue weighted by Crippen LogP contribution is -2.05. The van der Waals surface area contributed by atoms with Gasteiger partial charge in [0.25, 0.3) is 0 Å². The number of halogens is 3. The Morgan fingerprint density at radius 2 is 2.13 bits per heavy atom. The molecule has 0 aromatic heterocycles. The molecule has 0 spiro atoms. The fourth-order valence-electron chi connectivity index (χ4n) is 1.07. The minimum atomic E-state index is -3.08. The Morgan fingerprint density at radius 3 is 2.60 bits per heavy atom. The molecule has 0 atom stereocenters. The molecule has 0 radical (unpaired) electrons. The molecule has 1 aromatic carbocycles. The molecule has 0 amide bonds. The van der Waals surface area contributed by atoms with Crippen LogP contribution >= 0.6 is 0 Å². The number of rotatable bonds is 4. The second-order valence-corrected chi connectivity index (χ2v) is 2.80. The van der Waals surface area contributed by atoms with Crippen LogP contribution in [0.5, 0.6) is 5.75 Å². The summed E-state index contributed by atoms with van der Waals surface area (Å²) in [4.78, 5) is 11.1. The summed E-state index contributed by atoms with van der Waals surface area (Å²) in [6, 6.07) is 3.17. The standard InChI is InChI=1S/C10H9F3O2/c1-2-8(14)6-3-4-9(7(11)5-6)15-10(12)13/h3-5,10H,2H2,1H3. The fraction of sp³-hybridized carbons (Fsp3) is 0.300. The third-order valence-corrected chi connectivity index (χ3v) is 1.79. The first-order valence-electron chi connectivity index (χ1n) is 4.32. The number of ketones is 1. The van der Waals surface area contributed by atoms with E-state index in [1.54, 1.807) is 6.92 Å². The van der Waals surface area contributed by atoms with Crippen molar-refractivity contribution in [3.8, 4) is 5.75 Å². The molecule has 0 fully saturated rings. The van der Waals surface area contributed by atoms with Crippen LogP contribution in [0.15, 0.2) is 18.2 Å². The van der Waals surface area contributed by atoms with Gasteiger partial charge in [-0.05, 0) is 18.2 Å². The van der Waals surface area contributed by atoms with Gasteiger partial charge in [-0.1, -0.05) is 6.92 Å². The van der Waals surface area contributed by atoms with Gasteiger partial charge in [0.2, 0.25) is 0 Å². The van der Waals surface area contributed by atoms with E-state index in [-0.39, 0.29) is 17.8 Å². The molecule has 1 aromatic rings. The monoisotopic (exact) mass is 218 g/mol. The largest absolute Gasteiger partial charge is 0.432 e. The van der Waals surface area contributed by atoms with E-state index in [9.17, 15) is 18.0 Å². The second-order valence-electron chi connectivity index (χ2n) is 2.80. The molecule has 0 N–H and O–H groups in total. The molecule has 82 valence electrons. The van der Waals surface area contributed by atoms with Gasteiger partial charge in [0.05, 0.1) is 0 Å². The van der Waals surface area contributed by atoms with Crippen LogP contribution in [0, 0.1) is 5.82 Å². The summed E-state index contributed by atoms with van der Waals surface area (Å²) in [5, 5.41) is 0. The Hall–Kier alpha value is -1.52. The molecule has 0 heterocycles. The van der Waals surface area contributed by atoms with Crippen LogP contribution in [0.4, 0.5) is 13.2 Å². The van der Waals surface area contributed by atoms with E-state index in [1.807, 2.05) is 0 Å². The van der Waals surface area contributed by atoms with Gasteiger partial charge >= 0.3 is 6.61 Å². The summed E-state index contributed by atoms with van der Waals surface area (Å²) < 4.78 is 40.5. The van der Waals surface area contributed by atoms with Crippen LogP contribution in [0.3, 0.4) is 0 Å². The van der Waals surface area contributed by atoms with Gasteiger partial charge in [0.15, 0.2) is 17.3 Å². The smallest absolute Gasteiger partial charge is 0.387 e. The number of hydrogen-bond acceptors (Lipinski definition) is 2. The summed E-state index contributed by atoms with van der Waals surface area (Å²) in [5.41, 5.74) is 0.150. The highest BCUT2D eigenvalue weighted by molar-refractivity contribution is 5.95. The zero-order valence-corrected chi connectivity index (χ0v) is 7.97. The molecule has 2 nitrogen and oxygen atoms in total. The van der Waals surface area contributed by atoms with Gasteiger partial charge in [-0.25, -0.2) is 4.39 Å². The Balaban J connectivity index is 2.93. The van der Waals surface area contributed by atoms with Crippen molar-refractivity contribution in [3.05, 3.63) is 29.6 Å². The number of carbonyl (C=O) groups is 1. The Morgan fingerprint density at radius 1 is 1.47 bits per heavy atom. The second kappa shape index (κ2) is 4.82. The molecule has 0 saturated carbocycles. The van der Waals surface area contributed by atoms with E-state index >= 15 is 0 Å². The van der Waals surface area contributed by atoms with Crippen LogP contribution < -0.4 is 4.74 Å². The SMILES string of the molecule is CCC(=O)c1ccc(OC(F)F)c(F)c1. The lowest BCUT2D eigenvalue weighted by Gasteiger charge is -2.06. The average Bonchev–Trinajstić information content (AvgIpc) is 2.19. The van der Waals surface area contributed by atoms with Crippen LogP contribution in [0.25, 0.3) is 0 Å². The van der Waals surface area contributed by atoms with E-state index in [2.05, 4.69) is 4.74 Å². The van der Waals surface area contributed by atoms with Crippen molar-refractivity contribution in [2.45, 2.75) is 20.0 Å². The third kappa shape index (κ3) is 2.97. The van der Waals surface area contributed by atoms with Gasteiger partial charge in [0.1, 0.15) is 0 Å². The summed E-state index contributed by atoms with van der Waals surface area (Å²) >= 11 is 0. The molecule has 0 aliphatic rings. The first-order valence-corrected chi connectivity index (χ1v) is 4.32. The number of carbonyl (C=O) groups excluding carboxylic acids is 1. The number of benzene rings is 1. The van der Waals surface area contributed by atoms with E-state index in [1.165, 1.54) is 6.07 Å². The lowest BCUT2D eigenvalue weighted by atomic mass is 10.1. The molecular weight excluding hydrogens is 209 g/mol. The molecule has 15 heavy (non-hydrogen) atoms. The minimum absolute atomic E-state index is 0.150. The lowest BCUT2D eigenvalue weighted by molar-refractivity contribution is -0.0521. The zero-order chi connectivity index (χ0) is 11.4. The van der Waals surface area contributed by atoms with Crippen molar-refractivity contribution >= 4 is 5.78 Å². The molecular formula is C10H9F3O2. The number of hydrogen-bond donors (Lipinski definition) is 0. The average molecular weight is 218 g/mol. The van der Waals surface area contributed by atoms with Crippen molar-refractivity contribution in [3.63, 3.8) is 0 Å². The Kier molecular flexibility index (Phi) is 3.71. The van der Waals surface area contributed by atoms with E-state index in [0.717, 1.165) is 12.1 Å². The van der Waals surface area contributed by atoms with Gasteiger partial charge in [-0.3, -0.25) is 4.79 Å². The predicted octanol–water partition coefficient (Wildman–Crippen LogP) is 3.02. The normalized spacial score (nSPS) is 10.5. The van der Waals surface area contributed by atoms with Crippen LogP contribution in [-0.2, 0) is 0 Å². The molecule has 1 rings (SSSR count). The summed E-state index contributed by atoms with van der Waals surface area (Å²) in [6.07, 6.45) is 0.231. The van der Waals surface area contributed by atoms with Crippen LogP contribution in [0.1, 0.15) is 23.7 Å². The highest BCUT2D eigenvalue weighted by Gasteiger charge is 2.12. The number of Topliss-reactive ketones (excluding diaryl/α,β-unsaturated/α-hetero) is 1. The maximum atomic E-state index is 13.1. The number of alkyl halides is 2. The van der Waals surface area contributed by atoms with Crippen molar-refractivity contribution in [1.29, 1.82) is 0 Å². The van der Waals surface area contributed by atoms with Crippen molar-refractivity contribution in [2.75, 3.05) is 0 Å². The fourth-order valence-corrected chi connectivity index (χ4v) is 1.07. The number of ether oxygens (including phenoxy) is 1. The maximum absolute atomic E-state index is 13.1. The van der Waals surface area contributed by atoms with E-state index in [0.29, 0.717) is 0 Å². The quantitative estimate of drug-likeness (QED) is 0.726. The van der Waals surface area contributed by atoms with Gasteiger partial charge in [-0.2, -0.15) is 8.78 Å². The molecule has 0 aliphatic carbocycles. The highest BCUT2D eigenvalue weighted by Crippen LogP contribution is 2.20. The summed E-state index contributed by atoms with van der Waals surface area (Å²) in [5.74, 6) is -1.77. The third-order valence-electron chi connectivity index (χ3n) is 1.79. The van der Waals surface area contributed by atoms with E-state index in [4.69, 9.17) is 0 Å². The summed E-state index contributed by atoms with van der Waals surface area (Å²) in [7, 11) is 0. The van der Waals surface area contributed by atoms with Gasteiger partial charge in [-0.15, -0.1) is 0 Å². The van der Waals surface area contributed by atoms with Crippen LogP contribution in [0.2, 0.25) is 0 Å². The van der Waals surface area contributed by atoms with E-state index < -0.39 is 18.2 Å². The van der Waals surface area contributed by atoms with Gasteiger partial charge in [0, 0.05) is 12.0 Å². The molecule has 5 heteroatoms. The topological polar surface area (TPSA) is 26.3 Å². The Bertz CT molecular complexity index is 364. The Labute approximate surface area is 84.7 Å². The minimum Gasteiger partial charge on any atom is -0.432 e. The van der Waals surface area contributed by atoms with Crippen molar-refractivity contribution in [2.24, 2.45) is 0 Å². The molecule has 0 saturated heterocycles. The highest BCUT2D eigenvalue weighted by atomic mass is 19.3. The molecule has 0 bridgehead atoms. The molecule has 0 unspecified atom stereocenters. The predicted molar refractivity (Wildman–Crippen MR) is 47.7 cm³/mol. The molecule has 0 aliphatic heterocycles.